The largest absolute Gasteiger partial charge is 0.459 e. The number of para-hydroxylation sites is 1. The van der Waals surface area contributed by atoms with Crippen molar-refractivity contribution in [1.29, 1.82) is 0 Å². The SMILES string of the molecule is CCc1oc2c(NC(=O)N3CCCCC3c3nc(C)no3)cccc2c1C. The molecule has 1 aliphatic heterocycles. The van der Waals surface area contributed by atoms with Crippen LogP contribution in [0.2, 0.25) is 0 Å². The van der Waals surface area contributed by atoms with Crippen LogP contribution in [0, 0.1) is 13.8 Å². The van der Waals surface area contributed by atoms with Crippen molar-refractivity contribution in [2.75, 3.05) is 11.9 Å². The van der Waals surface area contributed by atoms with E-state index in [0.29, 0.717) is 23.9 Å². The van der Waals surface area contributed by atoms with Gasteiger partial charge >= 0.3 is 6.03 Å². The Morgan fingerprint density at radius 2 is 2.19 bits per heavy atom. The molecular weight excluding hydrogens is 344 g/mol. The smallest absolute Gasteiger partial charge is 0.322 e. The van der Waals surface area contributed by atoms with Crippen LogP contribution < -0.4 is 5.32 Å². The van der Waals surface area contributed by atoms with Gasteiger partial charge in [-0.2, -0.15) is 4.98 Å². The van der Waals surface area contributed by atoms with Crippen LogP contribution in [0.15, 0.2) is 27.1 Å². The first-order chi connectivity index (χ1) is 13.1. The van der Waals surface area contributed by atoms with E-state index < -0.39 is 0 Å². The number of urea groups is 1. The van der Waals surface area contributed by atoms with Crippen molar-refractivity contribution in [3.05, 3.63) is 41.2 Å². The number of rotatable bonds is 3. The van der Waals surface area contributed by atoms with Crippen molar-refractivity contribution in [2.45, 2.75) is 52.5 Å². The Morgan fingerprint density at radius 1 is 1.33 bits per heavy atom. The maximum Gasteiger partial charge on any atom is 0.322 e. The molecule has 142 valence electrons. The highest BCUT2D eigenvalue weighted by Crippen LogP contribution is 2.33. The lowest BCUT2D eigenvalue weighted by atomic mass is 10.0. The third-order valence-corrected chi connectivity index (χ3v) is 5.22. The van der Waals surface area contributed by atoms with Crippen LogP contribution >= 0.6 is 0 Å². The van der Waals surface area contributed by atoms with Crippen molar-refractivity contribution in [3.8, 4) is 0 Å². The van der Waals surface area contributed by atoms with Gasteiger partial charge in [-0.25, -0.2) is 4.79 Å². The van der Waals surface area contributed by atoms with E-state index >= 15 is 0 Å². The maximum atomic E-state index is 13.0. The minimum atomic E-state index is -0.191. The van der Waals surface area contributed by atoms with Crippen molar-refractivity contribution in [1.82, 2.24) is 15.0 Å². The lowest BCUT2D eigenvalue weighted by Gasteiger charge is -2.33. The number of furan rings is 1. The summed E-state index contributed by atoms with van der Waals surface area (Å²) in [5, 5.41) is 7.94. The van der Waals surface area contributed by atoms with E-state index in [1.807, 2.05) is 18.2 Å². The maximum absolute atomic E-state index is 13.0. The van der Waals surface area contributed by atoms with E-state index in [2.05, 4.69) is 29.3 Å². The van der Waals surface area contributed by atoms with Gasteiger partial charge in [0.15, 0.2) is 11.4 Å². The summed E-state index contributed by atoms with van der Waals surface area (Å²) in [6, 6.07) is 5.47. The highest BCUT2D eigenvalue weighted by Gasteiger charge is 2.32. The summed E-state index contributed by atoms with van der Waals surface area (Å²) in [6.07, 6.45) is 3.63. The number of benzene rings is 1. The number of carbonyl (C=O) groups is 1. The lowest BCUT2D eigenvalue weighted by Crippen LogP contribution is -2.41. The molecule has 3 heterocycles. The molecule has 1 atom stereocenters. The van der Waals surface area contributed by atoms with Crippen molar-refractivity contribution in [3.63, 3.8) is 0 Å². The molecule has 2 amide bonds. The molecule has 1 N–H and O–H groups in total. The second kappa shape index (κ2) is 7.06. The number of nitrogens with one attached hydrogen (secondary N) is 1. The highest BCUT2D eigenvalue weighted by molar-refractivity contribution is 6.00. The van der Waals surface area contributed by atoms with Gasteiger partial charge in [0.2, 0.25) is 5.89 Å². The predicted molar refractivity (Wildman–Crippen MR) is 102 cm³/mol. The number of anilines is 1. The van der Waals surface area contributed by atoms with Gasteiger partial charge in [-0.3, -0.25) is 0 Å². The molecule has 4 rings (SSSR count). The molecule has 0 spiro atoms. The number of aryl methyl sites for hydroxylation is 3. The first-order valence-corrected chi connectivity index (χ1v) is 9.47. The molecule has 1 saturated heterocycles. The standard InChI is InChI=1S/C20H24N4O3/c1-4-17-12(2)14-8-7-9-15(18(14)26-17)22-20(25)24-11-6-5-10-16(24)19-21-13(3)23-27-19/h7-9,16H,4-6,10-11H2,1-3H3,(H,22,25). The minimum absolute atomic E-state index is 0.171. The molecule has 1 aliphatic rings. The average Bonchev–Trinajstić information content (AvgIpc) is 3.26. The Kier molecular flexibility index (Phi) is 4.59. The second-order valence-electron chi connectivity index (χ2n) is 7.00. The number of likely N-dealkylation sites (tertiary alicyclic amines) is 1. The third kappa shape index (κ3) is 3.18. The number of piperidine rings is 1. The Balaban J connectivity index is 1.62. The average molecular weight is 368 g/mol. The first kappa shape index (κ1) is 17.6. The fourth-order valence-electron chi connectivity index (χ4n) is 3.79. The minimum Gasteiger partial charge on any atom is -0.459 e. The van der Waals surface area contributed by atoms with Gasteiger partial charge in [-0.05, 0) is 44.7 Å². The Labute approximate surface area is 157 Å². The molecule has 1 unspecified atom stereocenters. The summed E-state index contributed by atoms with van der Waals surface area (Å²) in [6.45, 7) is 6.55. The Morgan fingerprint density at radius 3 is 2.93 bits per heavy atom. The molecule has 7 heteroatoms. The summed E-state index contributed by atoms with van der Waals surface area (Å²) < 4.78 is 11.3. The summed E-state index contributed by atoms with van der Waals surface area (Å²) in [7, 11) is 0. The summed E-state index contributed by atoms with van der Waals surface area (Å²) >= 11 is 0. The predicted octanol–water partition coefficient (Wildman–Crippen LogP) is 4.75. The van der Waals surface area contributed by atoms with Crippen LogP contribution in [0.1, 0.15) is 55.3 Å². The third-order valence-electron chi connectivity index (χ3n) is 5.22. The van der Waals surface area contributed by atoms with Gasteiger partial charge in [0.1, 0.15) is 11.8 Å². The number of aromatic nitrogens is 2. The normalized spacial score (nSPS) is 17.4. The molecule has 1 fully saturated rings. The fraction of sp³-hybridized carbons (Fsp3) is 0.450. The van der Waals surface area contributed by atoms with E-state index in [0.717, 1.165) is 48.0 Å². The summed E-state index contributed by atoms with van der Waals surface area (Å²) in [4.78, 5) is 19.2. The molecule has 0 saturated carbocycles. The Hall–Kier alpha value is -2.83. The van der Waals surface area contributed by atoms with Gasteiger partial charge in [-0.1, -0.05) is 24.2 Å². The molecular formula is C20H24N4O3. The van der Waals surface area contributed by atoms with E-state index in [9.17, 15) is 4.79 Å². The number of nitrogens with zero attached hydrogens (tertiary/aromatic N) is 3. The van der Waals surface area contributed by atoms with E-state index in [4.69, 9.17) is 8.94 Å². The zero-order valence-electron chi connectivity index (χ0n) is 15.9. The van der Waals surface area contributed by atoms with Gasteiger partial charge < -0.3 is 19.2 Å². The zero-order chi connectivity index (χ0) is 19.0. The van der Waals surface area contributed by atoms with Gasteiger partial charge in [0.25, 0.3) is 0 Å². The Bertz CT molecular complexity index is 975. The molecule has 3 aromatic rings. The molecule has 1 aromatic carbocycles. The quantitative estimate of drug-likeness (QED) is 0.721. The molecule has 2 aromatic heterocycles. The van der Waals surface area contributed by atoms with Crippen molar-refractivity contribution >= 4 is 22.7 Å². The van der Waals surface area contributed by atoms with Crippen LogP contribution in [0.25, 0.3) is 11.0 Å². The van der Waals surface area contributed by atoms with Crippen LogP contribution in [0.3, 0.4) is 0 Å². The van der Waals surface area contributed by atoms with Crippen LogP contribution in [0.5, 0.6) is 0 Å². The molecule has 7 nitrogen and oxygen atoms in total. The fourth-order valence-corrected chi connectivity index (χ4v) is 3.79. The van der Waals surface area contributed by atoms with Gasteiger partial charge in [-0.15, -0.1) is 0 Å². The number of fused-ring (bicyclic) bond motifs is 1. The van der Waals surface area contributed by atoms with E-state index in [1.165, 1.54) is 0 Å². The van der Waals surface area contributed by atoms with Crippen molar-refractivity contribution < 1.29 is 13.7 Å². The summed E-state index contributed by atoms with van der Waals surface area (Å²) in [5.74, 6) is 2.03. The molecule has 0 aliphatic carbocycles. The molecule has 27 heavy (non-hydrogen) atoms. The number of carbonyl (C=O) groups excluding carboxylic acids is 1. The summed E-state index contributed by atoms with van der Waals surface area (Å²) in [5.41, 5.74) is 2.54. The zero-order valence-corrected chi connectivity index (χ0v) is 15.9. The monoisotopic (exact) mass is 368 g/mol. The number of hydrogen-bond acceptors (Lipinski definition) is 5. The first-order valence-electron chi connectivity index (χ1n) is 9.47. The van der Waals surface area contributed by atoms with Crippen LogP contribution in [-0.4, -0.2) is 27.6 Å². The number of hydrogen-bond donors (Lipinski definition) is 1. The van der Waals surface area contributed by atoms with Gasteiger partial charge in [0, 0.05) is 18.4 Å². The lowest BCUT2D eigenvalue weighted by molar-refractivity contribution is 0.142. The van der Waals surface area contributed by atoms with E-state index in [1.54, 1.807) is 11.8 Å². The topological polar surface area (TPSA) is 84.4 Å². The van der Waals surface area contributed by atoms with E-state index in [-0.39, 0.29) is 12.1 Å². The second-order valence-corrected chi connectivity index (χ2v) is 7.00. The van der Waals surface area contributed by atoms with Gasteiger partial charge in [0.05, 0.1) is 5.69 Å². The van der Waals surface area contributed by atoms with Crippen LogP contribution in [0.4, 0.5) is 10.5 Å². The highest BCUT2D eigenvalue weighted by atomic mass is 16.5. The van der Waals surface area contributed by atoms with Crippen molar-refractivity contribution in [2.24, 2.45) is 0 Å². The number of amides is 2. The molecule has 0 radical (unpaired) electrons. The molecule has 0 bridgehead atoms. The van der Waals surface area contributed by atoms with Crippen LogP contribution in [-0.2, 0) is 6.42 Å².